The molecule has 0 amide bonds. The van der Waals surface area contributed by atoms with Gasteiger partial charge in [0.25, 0.3) is 0 Å². The second-order valence-corrected chi connectivity index (χ2v) is 8.01. The summed E-state index contributed by atoms with van der Waals surface area (Å²) in [5.41, 5.74) is 8.63. The molecular weight excluding hydrogens is 416 g/mol. The molecule has 5 aromatic rings. The molecular formula is C30H20N4. The minimum absolute atomic E-state index is 0.416. The molecule has 0 saturated carbocycles. The number of pyridine rings is 1. The van der Waals surface area contributed by atoms with Crippen molar-refractivity contribution in [2.45, 2.75) is 0 Å². The summed E-state index contributed by atoms with van der Waals surface area (Å²) in [7, 11) is 0. The molecule has 0 bridgehead atoms. The van der Waals surface area contributed by atoms with Crippen LogP contribution >= 0.6 is 0 Å². The Hall–Kier alpha value is -4.88. The van der Waals surface area contributed by atoms with Crippen molar-refractivity contribution < 1.29 is 0 Å². The first-order chi connectivity index (χ1) is 16.9. The van der Waals surface area contributed by atoms with E-state index in [-0.39, 0.29) is 0 Å². The maximum absolute atomic E-state index is 9.72. The second kappa shape index (κ2) is 8.23. The lowest BCUT2D eigenvalue weighted by Crippen LogP contribution is -2.24. The predicted molar refractivity (Wildman–Crippen MR) is 137 cm³/mol. The van der Waals surface area contributed by atoms with Crippen LogP contribution in [0.25, 0.3) is 11.1 Å². The Morgan fingerprint density at radius 1 is 0.500 bits per heavy atom. The van der Waals surface area contributed by atoms with Gasteiger partial charge in [0.05, 0.1) is 28.4 Å². The van der Waals surface area contributed by atoms with E-state index >= 15 is 0 Å². The molecule has 0 atom stereocenters. The minimum atomic E-state index is 0.416. The number of rotatable bonds is 3. The van der Waals surface area contributed by atoms with Gasteiger partial charge < -0.3 is 9.80 Å². The molecule has 1 aromatic heterocycles. The highest BCUT2D eigenvalue weighted by Gasteiger charge is 2.31. The van der Waals surface area contributed by atoms with Crippen molar-refractivity contribution >= 4 is 34.1 Å². The van der Waals surface area contributed by atoms with Crippen LogP contribution in [0.2, 0.25) is 0 Å². The molecule has 4 heteroatoms. The van der Waals surface area contributed by atoms with Crippen molar-refractivity contribution in [1.82, 2.24) is 4.98 Å². The summed E-state index contributed by atoms with van der Waals surface area (Å²) in [6.07, 6.45) is 1.66. The average molecular weight is 437 g/mol. The van der Waals surface area contributed by atoms with Crippen LogP contribution in [0.3, 0.4) is 0 Å². The summed E-state index contributed by atoms with van der Waals surface area (Å²) in [6.45, 7) is 0. The van der Waals surface area contributed by atoms with E-state index in [1.165, 1.54) is 0 Å². The van der Waals surface area contributed by atoms with Gasteiger partial charge in [0.15, 0.2) is 0 Å². The summed E-state index contributed by atoms with van der Waals surface area (Å²) >= 11 is 0. The molecule has 6 rings (SSSR count). The van der Waals surface area contributed by atoms with Gasteiger partial charge in [-0.2, -0.15) is 5.26 Å². The van der Waals surface area contributed by atoms with Crippen LogP contribution < -0.4 is 9.80 Å². The van der Waals surface area contributed by atoms with E-state index in [0.717, 1.165) is 45.3 Å². The van der Waals surface area contributed by atoms with Gasteiger partial charge in [-0.25, -0.2) is 4.98 Å². The van der Waals surface area contributed by atoms with Gasteiger partial charge in [-0.1, -0.05) is 60.7 Å². The standard InChI is InChI=1S/C30H20N4/c31-21-25-23(14-10-20-32-25)24-13-4-5-15-26(24)34-29-18-8-6-16-27(29)33(22-11-2-1-3-12-22)28-17-7-9-19-30(28)34/h1-20H. The van der Waals surface area contributed by atoms with Crippen LogP contribution in [-0.2, 0) is 0 Å². The Morgan fingerprint density at radius 2 is 1.00 bits per heavy atom. The van der Waals surface area contributed by atoms with Crippen LogP contribution in [0, 0.1) is 11.3 Å². The Morgan fingerprint density at radius 3 is 1.62 bits per heavy atom. The fourth-order valence-electron chi connectivity index (χ4n) is 4.67. The highest BCUT2D eigenvalue weighted by Crippen LogP contribution is 2.55. The zero-order chi connectivity index (χ0) is 22.9. The molecule has 2 heterocycles. The molecule has 4 aromatic carbocycles. The van der Waals surface area contributed by atoms with Crippen molar-refractivity contribution in [3.05, 3.63) is 127 Å². The molecule has 0 saturated heterocycles. The molecule has 160 valence electrons. The van der Waals surface area contributed by atoms with Gasteiger partial charge >= 0.3 is 0 Å². The van der Waals surface area contributed by atoms with Crippen LogP contribution in [0.5, 0.6) is 0 Å². The van der Waals surface area contributed by atoms with Gasteiger partial charge in [-0.15, -0.1) is 0 Å². The van der Waals surface area contributed by atoms with Gasteiger partial charge in [0.1, 0.15) is 11.8 Å². The fraction of sp³-hybridized carbons (Fsp3) is 0. The number of benzene rings is 4. The number of hydrogen-bond acceptors (Lipinski definition) is 4. The lowest BCUT2D eigenvalue weighted by atomic mass is 9.98. The molecule has 34 heavy (non-hydrogen) atoms. The van der Waals surface area contributed by atoms with Crippen LogP contribution in [-0.4, -0.2) is 4.98 Å². The van der Waals surface area contributed by atoms with Gasteiger partial charge in [0, 0.05) is 23.0 Å². The summed E-state index contributed by atoms with van der Waals surface area (Å²) < 4.78 is 0. The number of anilines is 6. The first kappa shape index (κ1) is 19.8. The number of nitrogens with zero attached hydrogens (tertiary/aromatic N) is 4. The second-order valence-electron chi connectivity index (χ2n) is 8.01. The lowest BCUT2D eigenvalue weighted by Gasteiger charge is -2.40. The molecule has 0 spiro atoms. The summed E-state index contributed by atoms with van der Waals surface area (Å²) in [5.74, 6) is 0. The minimum Gasteiger partial charge on any atom is -0.306 e. The van der Waals surface area contributed by atoms with Crippen LogP contribution in [0.4, 0.5) is 34.1 Å². The van der Waals surface area contributed by atoms with Crippen molar-refractivity contribution in [2.24, 2.45) is 0 Å². The van der Waals surface area contributed by atoms with Crippen molar-refractivity contribution in [3.63, 3.8) is 0 Å². The third kappa shape index (κ3) is 3.11. The van der Waals surface area contributed by atoms with Crippen LogP contribution in [0.15, 0.2) is 121 Å². The number of nitriles is 1. The van der Waals surface area contributed by atoms with Gasteiger partial charge in [-0.05, 0) is 54.6 Å². The normalized spacial score (nSPS) is 12.0. The first-order valence-electron chi connectivity index (χ1n) is 11.1. The van der Waals surface area contributed by atoms with E-state index in [1.807, 2.05) is 30.3 Å². The Kier molecular flexibility index (Phi) is 4.79. The number of hydrogen-bond donors (Lipinski definition) is 0. The predicted octanol–water partition coefficient (Wildman–Crippen LogP) is 7.87. The van der Waals surface area contributed by atoms with E-state index in [1.54, 1.807) is 6.20 Å². The molecule has 0 radical (unpaired) electrons. The Balaban J connectivity index is 1.63. The SMILES string of the molecule is N#Cc1ncccc1-c1ccccc1N1c2ccccc2N(c2ccccc2)c2ccccc21. The van der Waals surface area contributed by atoms with E-state index in [2.05, 4.69) is 106 Å². The highest BCUT2D eigenvalue weighted by molar-refractivity contribution is 6.03. The van der Waals surface area contributed by atoms with E-state index in [4.69, 9.17) is 0 Å². The zero-order valence-electron chi connectivity index (χ0n) is 18.3. The quantitative estimate of drug-likeness (QED) is 0.283. The molecule has 0 fully saturated rings. The largest absolute Gasteiger partial charge is 0.306 e. The maximum atomic E-state index is 9.72. The van der Waals surface area contributed by atoms with E-state index in [0.29, 0.717) is 5.69 Å². The number of fused-ring (bicyclic) bond motifs is 2. The highest BCUT2D eigenvalue weighted by atomic mass is 15.3. The molecule has 1 aliphatic heterocycles. The first-order valence-corrected chi connectivity index (χ1v) is 11.1. The topological polar surface area (TPSA) is 43.2 Å². The smallest absolute Gasteiger partial charge is 0.148 e. The molecule has 4 nitrogen and oxygen atoms in total. The monoisotopic (exact) mass is 436 g/mol. The molecule has 1 aliphatic rings. The van der Waals surface area contributed by atoms with Crippen LogP contribution in [0.1, 0.15) is 5.69 Å². The summed E-state index contributed by atoms with van der Waals surface area (Å²) in [5, 5.41) is 9.72. The third-order valence-corrected chi connectivity index (χ3v) is 6.09. The summed E-state index contributed by atoms with van der Waals surface area (Å²) in [4.78, 5) is 8.90. The molecule has 0 unspecified atom stereocenters. The summed E-state index contributed by atoms with van der Waals surface area (Å²) in [6, 6.07) is 41.6. The van der Waals surface area contributed by atoms with Crippen molar-refractivity contribution in [3.8, 4) is 17.2 Å². The van der Waals surface area contributed by atoms with Crippen molar-refractivity contribution in [1.29, 1.82) is 5.26 Å². The molecule has 0 aliphatic carbocycles. The Labute approximate surface area is 198 Å². The van der Waals surface area contributed by atoms with Gasteiger partial charge in [-0.3, -0.25) is 0 Å². The number of aromatic nitrogens is 1. The lowest BCUT2D eigenvalue weighted by molar-refractivity contribution is 1.17. The van der Waals surface area contributed by atoms with E-state index < -0.39 is 0 Å². The zero-order valence-corrected chi connectivity index (χ0v) is 18.3. The third-order valence-electron chi connectivity index (χ3n) is 6.09. The maximum Gasteiger partial charge on any atom is 0.148 e. The van der Waals surface area contributed by atoms with Gasteiger partial charge in [0.2, 0.25) is 0 Å². The number of para-hydroxylation sites is 6. The Bertz CT molecular complexity index is 1490. The molecule has 0 N–H and O–H groups in total. The van der Waals surface area contributed by atoms with E-state index in [9.17, 15) is 5.26 Å². The fourth-order valence-corrected chi connectivity index (χ4v) is 4.67. The average Bonchev–Trinajstić information content (AvgIpc) is 2.92. The van der Waals surface area contributed by atoms with Crippen molar-refractivity contribution in [2.75, 3.05) is 9.80 Å².